The molecular formula is C10H17N3O. The first kappa shape index (κ1) is 10.6. The van der Waals surface area contributed by atoms with Crippen LogP contribution in [-0.2, 0) is 0 Å². The Balaban J connectivity index is 2.85. The van der Waals surface area contributed by atoms with Gasteiger partial charge in [-0.3, -0.25) is 0 Å². The van der Waals surface area contributed by atoms with Gasteiger partial charge in [0.15, 0.2) is 0 Å². The van der Waals surface area contributed by atoms with Crippen molar-refractivity contribution in [3.63, 3.8) is 0 Å². The molecule has 4 heteroatoms. The molecule has 0 saturated carbocycles. The number of hydrogen-bond acceptors (Lipinski definition) is 4. The summed E-state index contributed by atoms with van der Waals surface area (Å²) in [4.78, 5) is 6.20. The monoisotopic (exact) mass is 195 g/mol. The van der Waals surface area contributed by atoms with Crippen molar-refractivity contribution >= 4 is 11.5 Å². The van der Waals surface area contributed by atoms with Gasteiger partial charge in [0.25, 0.3) is 0 Å². The van der Waals surface area contributed by atoms with Crippen molar-refractivity contribution in [2.45, 2.75) is 13.3 Å². The number of ether oxygens (including phenoxy) is 1. The molecule has 0 atom stereocenters. The van der Waals surface area contributed by atoms with Gasteiger partial charge >= 0.3 is 0 Å². The third kappa shape index (κ3) is 2.52. The van der Waals surface area contributed by atoms with Gasteiger partial charge in [0, 0.05) is 14.1 Å². The smallest absolute Gasteiger partial charge is 0.239 e. The van der Waals surface area contributed by atoms with Gasteiger partial charge in [-0.05, 0) is 18.6 Å². The summed E-state index contributed by atoms with van der Waals surface area (Å²) in [5, 5.41) is 0. The van der Waals surface area contributed by atoms with Crippen LogP contribution in [0.25, 0.3) is 0 Å². The summed E-state index contributed by atoms with van der Waals surface area (Å²) in [6.45, 7) is 2.69. The fourth-order valence-electron chi connectivity index (χ4n) is 1.00. The van der Waals surface area contributed by atoms with E-state index >= 15 is 0 Å². The van der Waals surface area contributed by atoms with E-state index in [9.17, 15) is 0 Å². The Morgan fingerprint density at radius 1 is 1.43 bits per heavy atom. The second-order valence-corrected chi connectivity index (χ2v) is 3.31. The lowest BCUT2D eigenvalue weighted by Gasteiger charge is -2.13. The fourth-order valence-corrected chi connectivity index (χ4v) is 1.00. The number of hydrogen-bond donors (Lipinski definition) is 1. The zero-order chi connectivity index (χ0) is 10.6. The molecule has 0 fully saturated rings. The SMILES string of the molecule is CCCOc1nc(N(C)C)ccc1N. The maximum absolute atomic E-state index is 5.72. The summed E-state index contributed by atoms with van der Waals surface area (Å²) >= 11 is 0. The molecule has 0 aromatic carbocycles. The maximum atomic E-state index is 5.72. The molecule has 0 bridgehead atoms. The van der Waals surface area contributed by atoms with E-state index in [1.807, 2.05) is 38.1 Å². The van der Waals surface area contributed by atoms with Crippen LogP contribution in [0.2, 0.25) is 0 Å². The van der Waals surface area contributed by atoms with E-state index in [0.717, 1.165) is 12.2 Å². The summed E-state index contributed by atoms with van der Waals surface area (Å²) in [5.74, 6) is 1.38. The first-order valence-electron chi connectivity index (χ1n) is 4.71. The average Bonchev–Trinajstić information content (AvgIpc) is 2.16. The van der Waals surface area contributed by atoms with E-state index in [4.69, 9.17) is 10.5 Å². The van der Waals surface area contributed by atoms with E-state index in [2.05, 4.69) is 4.98 Å². The highest BCUT2D eigenvalue weighted by Gasteiger charge is 2.04. The third-order valence-electron chi connectivity index (χ3n) is 1.78. The van der Waals surface area contributed by atoms with E-state index in [1.54, 1.807) is 0 Å². The minimum atomic E-state index is 0.526. The highest BCUT2D eigenvalue weighted by molar-refractivity contribution is 5.54. The van der Waals surface area contributed by atoms with Crippen molar-refractivity contribution in [3.8, 4) is 5.88 Å². The van der Waals surface area contributed by atoms with E-state index in [1.165, 1.54) is 0 Å². The zero-order valence-corrected chi connectivity index (χ0v) is 8.95. The van der Waals surface area contributed by atoms with Gasteiger partial charge in [-0.2, -0.15) is 4.98 Å². The van der Waals surface area contributed by atoms with Crippen molar-refractivity contribution in [1.82, 2.24) is 4.98 Å². The number of anilines is 2. The standard InChI is InChI=1S/C10H17N3O/c1-4-7-14-10-8(11)5-6-9(12-10)13(2)3/h5-6H,4,7,11H2,1-3H3. The fraction of sp³-hybridized carbons (Fsp3) is 0.500. The number of pyridine rings is 1. The molecular weight excluding hydrogens is 178 g/mol. The van der Waals surface area contributed by atoms with Gasteiger partial charge in [0.1, 0.15) is 5.82 Å². The molecule has 1 rings (SSSR count). The van der Waals surface area contributed by atoms with Crippen LogP contribution >= 0.6 is 0 Å². The van der Waals surface area contributed by atoms with Crippen LogP contribution < -0.4 is 15.4 Å². The molecule has 0 aliphatic rings. The molecule has 0 unspecified atom stereocenters. The number of nitrogens with zero attached hydrogens (tertiary/aromatic N) is 2. The van der Waals surface area contributed by atoms with Crippen molar-refractivity contribution in [2.24, 2.45) is 0 Å². The number of aromatic nitrogens is 1. The van der Waals surface area contributed by atoms with E-state index < -0.39 is 0 Å². The first-order valence-corrected chi connectivity index (χ1v) is 4.71. The number of rotatable bonds is 4. The van der Waals surface area contributed by atoms with Crippen molar-refractivity contribution in [1.29, 1.82) is 0 Å². The molecule has 0 spiro atoms. The average molecular weight is 195 g/mol. The lowest BCUT2D eigenvalue weighted by molar-refractivity contribution is 0.307. The molecule has 0 aliphatic carbocycles. The minimum absolute atomic E-state index is 0.526. The summed E-state index contributed by atoms with van der Waals surface area (Å²) in [6, 6.07) is 3.68. The molecule has 14 heavy (non-hydrogen) atoms. The first-order chi connectivity index (χ1) is 6.65. The second kappa shape index (κ2) is 4.69. The largest absolute Gasteiger partial charge is 0.476 e. The molecule has 1 heterocycles. The van der Waals surface area contributed by atoms with Crippen LogP contribution in [0.3, 0.4) is 0 Å². The number of nitrogens with two attached hydrogens (primary N) is 1. The van der Waals surface area contributed by atoms with Crippen LogP contribution in [-0.4, -0.2) is 25.7 Å². The molecule has 2 N–H and O–H groups in total. The molecule has 78 valence electrons. The van der Waals surface area contributed by atoms with Crippen LogP contribution in [0, 0.1) is 0 Å². The van der Waals surface area contributed by atoms with Crippen LogP contribution in [0.5, 0.6) is 5.88 Å². The van der Waals surface area contributed by atoms with Gasteiger partial charge in [-0.15, -0.1) is 0 Å². The predicted octanol–water partition coefficient (Wildman–Crippen LogP) is 1.52. The Hall–Kier alpha value is -1.45. The molecule has 1 aromatic heterocycles. The zero-order valence-electron chi connectivity index (χ0n) is 8.95. The maximum Gasteiger partial charge on any atom is 0.239 e. The van der Waals surface area contributed by atoms with Crippen molar-refractivity contribution in [3.05, 3.63) is 12.1 Å². The van der Waals surface area contributed by atoms with E-state index in [0.29, 0.717) is 18.2 Å². The van der Waals surface area contributed by atoms with Crippen LogP contribution in [0.4, 0.5) is 11.5 Å². The highest BCUT2D eigenvalue weighted by Crippen LogP contribution is 2.21. The lowest BCUT2D eigenvalue weighted by Crippen LogP contribution is -2.12. The van der Waals surface area contributed by atoms with Crippen molar-refractivity contribution in [2.75, 3.05) is 31.3 Å². The van der Waals surface area contributed by atoms with Crippen molar-refractivity contribution < 1.29 is 4.74 Å². The molecule has 0 aliphatic heterocycles. The van der Waals surface area contributed by atoms with Crippen LogP contribution in [0.15, 0.2) is 12.1 Å². The summed E-state index contributed by atoms with van der Waals surface area (Å²) in [6.07, 6.45) is 0.952. The molecule has 4 nitrogen and oxygen atoms in total. The van der Waals surface area contributed by atoms with Gasteiger partial charge in [-0.25, -0.2) is 0 Å². The summed E-state index contributed by atoms with van der Waals surface area (Å²) in [5.41, 5.74) is 6.31. The Morgan fingerprint density at radius 2 is 2.14 bits per heavy atom. The van der Waals surface area contributed by atoms with E-state index in [-0.39, 0.29) is 0 Å². The van der Waals surface area contributed by atoms with Gasteiger partial charge in [0.2, 0.25) is 5.88 Å². The molecule has 0 saturated heterocycles. The highest BCUT2D eigenvalue weighted by atomic mass is 16.5. The van der Waals surface area contributed by atoms with Crippen LogP contribution in [0.1, 0.15) is 13.3 Å². The van der Waals surface area contributed by atoms with Gasteiger partial charge < -0.3 is 15.4 Å². The molecule has 0 amide bonds. The topological polar surface area (TPSA) is 51.4 Å². The Labute approximate surface area is 84.7 Å². The summed E-state index contributed by atoms with van der Waals surface area (Å²) in [7, 11) is 3.87. The minimum Gasteiger partial charge on any atom is -0.476 e. The molecule has 1 aromatic rings. The normalized spacial score (nSPS) is 9.93. The molecule has 0 radical (unpaired) electrons. The quantitative estimate of drug-likeness (QED) is 0.791. The lowest BCUT2D eigenvalue weighted by atomic mass is 10.4. The second-order valence-electron chi connectivity index (χ2n) is 3.31. The van der Waals surface area contributed by atoms with Gasteiger partial charge in [-0.1, -0.05) is 6.92 Å². The Bertz CT molecular complexity index is 299. The Kier molecular flexibility index (Phi) is 3.56. The third-order valence-corrected chi connectivity index (χ3v) is 1.78. The van der Waals surface area contributed by atoms with Gasteiger partial charge in [0.05, 0.1) is 12.3 Å². The number of nitrogen functional groups attached to an aromatic ring is 1. The predicted molar refractivity (Wildman–Crippen MR) is 58.8 cm³/mol. The summed E-state index contributed by atoms with van der Waals surface area (Å²) < 4.78 is 5.41. The Morgan fingerprint density at radius 3 is 2.71 bits per heavy atom.